The molecule has 0 unspecified atom stereocenters. The Morgan fingerprint density at radius 1 is 1.10 bits per heavy atom. The fourth-order valence-corrected chi connectivity index (χ4v) is 1.89. The van der Waals surface area contributed by atoms with Gasteiger partial charge in [0.05, 0.1) is 5.56 Å². The van der Waals surface area contributed by atoms with E-state index in [0.29, 0.717) is 5.56 Å². The van der Waals surface area contributed by atoms with E-state index < -0.39 is 12.1 Å². The Morgan fingerprint density at radius 2 is 1.80 bits per heavy atom. The molecule has 0 aliphatic heterocycles. The third kappa shape index (κ3) is 3.09. The van der Waals surface area contributed by atoms with Gasteiger partial charge in [-0.25, -0.2) is 0 Å². The molecule has 102 valence electrons. The van der Waals surface area contributed by atoms with Gasteiger partial charge in [-0.1, -0.05) is 30.3 Å². The molecule has 0 atom stereocenters. The summed E-state index contributed by atoms with van der Waals surface area (Å²) in [7, 11) is 0. The fraction of sp³-hybridized carbons (Fsp3) is 0.133. The summed E-state index contributed by atoms with van der Waals surface area (Å²) in [5.74, 6) is -0.485. The van der Waals surface area contributed by atoms with Crippen LogP contribution in [-0.2, 0) is 0 Å². The SMILES string of the molecule is Cc1ccccc1-c1ccc(C#N)c(OC(F)(F)F)c1. The first-order chi connectivity index (χ1) is 9.40. The normalized spacial score (nSPS) is 10.9. The standard InChI is InChI=1S/C15H10F3NO/c1-10-4-2-3-5-13(10)11-6-7-12(9-19)14(8-11)20-15(16,17)18/h2-8H,1H3. The first-order valence-electron chi connectivity index (χ1n) is 5.76. The zero-order valence-electron chi connectivity index (χ0n) is 10.5. The second kappa shape index (κ2) is 5.25. The van der Waals surface area contributed by atoms with Crippen LogP contribution < -0.4 is 4.74 Å². The lowest BCUT2D eigenvalue weighted by molar-refractivity contribution is -0.274. The smallest absolute Gasteiger partial charge is 0.404 e. The Hall–Kier alpha value is -2.48. The molecule has 5 heteroatoms. The molecule has 0 fully saturated rings. The molecule has 0 radical (unpaired) electrons. The van der Waals surface area contributed by atoms with E-state index in [2.05, 4.69) is 4.74 Å². The second-order valence-corrected chi connectivity index (χ2v) is 4.19. The van der Waals surface area contributed by atoms with Gasteiger partial charge in [0.15, 0.2) is 0 Å². The zero-order valence-corrected chi connectivity index (χ0v) is 10.5. The zero-order chi connectivity index (χ0) is 14.8. The van der Waals surface area contributed by atoms with Crippen molar-refractivity contribution in [3.05, 3.63) is 53.6 Å². The summed E-state index contributed by atoms with van der Waals surface area (Å²) in [6, 6.07) is 13.1. The van der Waals surface area contributed by atoms with Crippen molar-refractivity contribution >= 4 is 0 Å². The third-order valence-corrected chi connectivity index (χ3v) is 2.78. The number of aryl methyl sites for hydroxylation is 1. The molecule has 2 aromatic rings. The Labute approximate surface area is 114 Å². The third-order valence-electron chi connectivity index (χ3n) is 2.78. The van der Waals surface area contributed by atoms with Crippen molar-refractivity contribution in [3.63, 3.8) is 0 Å². The molecule has 0 aromatic heterocycles. The maximum atomic E-state index is 12.3. The Kier molecular flexibility index (Phi) is 3.66. The van der Waals surface area contributed by atoms with Crippen molar-refractivity contribution in [2.24, 2.45) is 0 Å². The van der Waals surface area contributed by atoms with Crippen molar-refractivity contribution in [1.82, 2.24) is 0 Å². The van der Waals surface area contributed by atoms with Gasteiger partial charge in [-0.05, 0) is 35.7 Å². The number of nitrogens with zero attached hydrogens (tertiary/aromatic N) is 1. The van der Waals surface area contributed by atoms with Gasteiger partial charge in [0, 0.05) is 0 Å². The van der Waals surface area contributed by atoms with E-state index in [1.807, 2.05) is 19.1 Å². The van der Waals surface area contributed by atoms with Gasteiger partial charge in [-0.15, -0.1) is 13.2 Å². The quantitative estimate of drug-likeness (QED) is 0.813. The summed E-state index contributed by atoms with van der Waals surface area (Å²) < 4.78 is 40.9. The maximum Gasteiger partial charge on any atom is 0.573 e. The Balaban J connectivity index is 2.51. The number of halogens is 3. The van der Waals surface area contributed by atoms with Crippen LogP contribution in [0.2, 0.25) is 0 Å². The van der Waals surface area contributed by atoms with E-state index in [0.717, 1.165) is 11.1 Å². The summed E-state index contributed by atoms with van der Waals surface area (Å²) in [5, 5.41) is 8.83. The molecule has 2 aromatic carbocycles. The molecular formula is C15H10F3NO. The van der Waals surface area contributed by atoms with Crippen molar-refractivity contribution in [2.75, 3.05) is 0 Å². The van der Waals surface area contributed by atoms with Crippen molar-refractivity contribution < 1.29 is 17.9 Å². The molecule has 0 heterocycles. The summed E-state index contributed by atoms with van der Waals surface area (Å²) in [6.45, 7) is 1.86. The monoisotopic (exact) mass is 277 g/mol. The number of hydrogen-bond donors (Lipinski definition) is 0. The largest absolute Gasteiger partial charge is 0.573 e. The molecule has 0 aliphatic carbocycles. The summed E-state index contributed by atoms with van der Waals surface area (Å²) >= 11 is 0. The van der Waals surface area contributed by atoms with Gasteiger partial charge in [0.1, 0.15) is 11.8 Å². The van der Waals surface area contributed by atoms with Crippen LogP contribution in [0.4, 0.5) is 13.2 Å². The molecule has 0 saturated heterocycles. The minimum atomic E-state index is -4.82. The molecule has 0 bridgehead atoms. The number of ether oxygens (including phenoxy) is 1. The summed E-state index contributed by atoms with van der Waals surface area (Å²) in [5.41, 5.74) is 2.14. The minimum Gasteiger partial charge on any atom is -0.404 e. The van der Waals surface area contributed by atoms with Crippen LogP contribution in [-0.4, -0.2) is 6.36 Å². The van der Waals surface area contributed by atoms with E-state index in [1.54, 1.807) is 24.3 Å². The topological polar surface area (TPSA) is 33.0 Å². The predicted molar refractivity (Wildman–Crippen MR) is 68.0 cm³/mol. The average Bonchev–Trinajstić information content (AvgIpc) is 2.37. The van der Waals surface area contributed by atoms with Crippen LogP contribution in [0.5, 0.6) is 5.75 Å². The first kappa shape index (κ1) is 13.9. The van der Waals surface area contributed by atoms with Crippen molar-refractivity contribution in [1.29, 1.82) is 5.26 Å². The van der Waals surface area contributed by atoms with Crippen LogP contribution in [0.25, 0.3) is 11.1 Å². The van der Waals surface area contributed by atoms with E-state index in [-0.39, 0.29) is 5.56 Å². The molecule has 0 saturated carbocycles. The molecule has 2 rings (SSSR count). The van der Waals surface area contributed by atoms with Crippen LogP contribution in [0, 0.1) is 18.3 Å². The molecule has 2 nitrogen and oxygen atoms in total. The van der Waals surface area contributed by atoms with Crippen LogP contribution >= 0.6 is 0 Å². The highest BCUT2D eigenvalue weighted by molar-refractivity contribution is 5.70. The number of hydrogen-bond acceptors (Lipinski definition) is 2. The Bertz CT molecular complexity index is 672. The average molecular weight is 277 g/mol. The lowest BCUT2D eigenvalue weighted by Crippen LogP contribution is -2.17. The van der Waals surface area contributed by atoms with Gasteiger partial charge in [0.2, 0.25) is 0 Å². The first-order valence-corrected chi connectivity index (χ1v) is 5.76. The number of nitriles is 1. The lowest BCUT2D eigenvalue weighted by Gasteiger charge is -2.12. The van der Waals surface area contributed by atoms with E-state index in [1.165, 1.54) is 12.1 Å². The molecule has 0 spiro atoms. The molecular weight excluding hydrogens is 267 g/mol. The highest BCUT2D eigenvalue weighted by atomic mass is 19.4. The molecule has 20 heavy (non-hydrogen) atoms. The summed E-state index contributed by atoms with van der Waals surface area (Å²) in [4.78, 5) is 0. The molecule has 0 aliphatic rings. The van der Waals surface area contributed by atoms with Gasteiger partial charge in [-0.3, -0.25) is 0 Å². The second-order valence-electron chi connectivity index (χ2n) is 4.19. The van der Waals surface area contributed by atoms with Gasteiger partial charge in [0.25, 0.3) is 0 Å². The van der Waals surface area contributed by atoms with Crippen LogP contribution in [0.1, 0.15) is 11.1 Å². The Morgan fingerprint density at radius 3 is 2.40 bits per heavy atom. The number of benzene rings is 2. The number of alkyl halides is 3. The van der Waals surface area contributed by atoms with Crippen LogP contribution in [0.3, 0.4) is 0 Å². The highest BCUT2D eigenvalue weighted by Crippen LogP contribution is 2.32. The van der Waals surface area contributed by atoms with Gasteiger partial charge >= 0.3 is 6.36 Å². The van der Waals surface area contributed by atoms with E-state index >= 15 is 0 Å². The van der Waals surface area contributed by atoms with Crippen molar-refractivity contribution in [3.8, 4) is 22.9 Å². The van der Waals surface area contributed by atoms with Crippen LogP contribution in [0.15, 0.2) is 42.5 Å². The fourth-order valence-electron chi connectivity index (χ4n) is 1.89. The highest BCUT2D eigenvalue weighted by Gasteiger charge is 2.32. The minimum absolute atomic E-state index is 0.153. The van der Waals surface area contributed by atoms with Gasteiger partial charge in [-0.2, -0.15) is 5.26 Å². The van der Waals surface area contributed by atoms with Gasteiger partial charge < -0.3 is 4.74 Å². The van der Waals surface area contributed by atoms with Crippen molar-refractivity contribution in [2.45, 2.75) is 13.3 Å². The summed E-state index contributed by atoms with van der Waals surface area (Å²) in [6.07, 6.45) is -4.82. The maximum absolute atomic E-state index is 12.3. The lowest BCUT2D eigenvalue weighted by atomic mass is 9.99. The molecule has 0 amide bonds. The molecule has 0 N–H and O–H groups in total. The number of rotatable bonds is 2. The predicted octanol–water partition coefficient (Wildman–Crippen LogP) is 4.43. The van der Waals surface area contributed by atoms with E-state index in [4.69, 9.17) is 5.26 Å². The van der Waals surface area contributed by atoms with E-state index in [9.17, 15) is 13.2 Å².